The zero-order valence-electron chi connectivity index (χ0n) is 19.9. The molecule has 3 aliphatic rings. The maximum absolute atomic E-state index is 13.5. The lowest BCUT2D eigenvalue weighted by Crippen LogP contribution is -2.58. The Labute approximate surface area is 205 Å². The number of imide groups is 1. The van der Waals surface area contributed by atoms with Gasteiger partial charge in [-0.2, -0.15) is 4.31 Å². The molecule has 2 aromatic carbocycles. The zero-order chi connectivity index (χ0) is 24.9. The molecule has 2 aliphatic heterocycles. The average molecular weight is 496 g/mol. The molecule has 8 nitrogen and oxygen atoms in total. The van der Waals surface area contributed by atoms with Crippen LogP contribution in [0.3, 0.4) is 0 Å². The summed E-state index contributed by atoms with van der Waals surface area (Å²) in [4.78, 5) is 42.5. The number of aryl methyl sites for hydroxylation is 2. The monoisotopic (exact) mass is 495 g/mol. The van der Waals surface area contributed by atoms with Crippen LogP contribution in [-0.4, -0.2) is 72.5 Å². The second-order valence-corrected chi connectivity index (χ2v) is 11.7. The van der Waals surface area contributed by atoms with Crippen LogP contribution in [0.4, 0.5) is 0 Å². The summed E-state index contributed by atoms with van der Waals surface area (Å²) in [6, 6.07) is 11.0. The van der Waals surface area contributed by atoms with E-state index < -0.39 is 27.9 Å². The van der Waals surface area contributed by atoms with Gasteiger partial charge in [-0.3, -0.25) is 19.3 Å². The molecule has 0 bridgehead atoms. The SMILES string of the molecule is CC(C)C(C(=O)N1CCN(S(=O)(=O)c2ccc3c(c2)CCC3)CC1)N1C(=O)c2ccccc2C1=O. The summed E-state index contributed by atoms with van der Waals surface area (Å²) < 4.78 is 27.9. The molecule has 1 fully saturated rings. The van der Waals surface area contributed by atoms with Gasteiger partial charge in [0.15, 0.2) is 0 Å². The van der Waals surface area contributed by atoms with Crippen LogP contribution in [-0.2, 0) is 27.7 Å². The molecule has 1 unspecified atom stereocenters. The van der Waals surface area contributed by atoms with Crippen LogP contribution in [0.2, 0.25) is 0 Å². The summed E-state index contributed by atoms with van der Waals surface area (Å²) in [6.45, 7) is 4.35. The zero-order valence-corrected chi connectivity index (χ0v) is 20.8. The lowest BCUT2D eigenvalue weighted by molar-refractivity contribution is -0.138. The average Bonchev–Trinajstić information content (AvgIpc) is 3.42. The summed E-state index contributed by atoms with van der Waals surface area (Å²) in [7, 11) is -3.66. The standard InChI is InChI=1S/C26H29N3O5S/c1-17(2)23(29-24(30)21-8-3-4-9-22(21)25(29)31)26(32)27-12-14-28(15-13-27)35(33,34)20-11-10-18-6-5-7-19(18)16-20/h3-4,8-11,16-17,23H,5-7,12-15H2,1-2H3. The van der Waals surface area contributed by atoms with Crippen LogP contribution >= 0.6 is 0 Å². The highest BCUT2D eigenvalue weighted by molar-refractivity contribution is 7.89. The van der Waals surface area contributed by atoms with Crippen molar-refractivity contribution in [3.63, 3.8) is 0 Å². The van der Waals surface area contributed by atoms with E-state index in [1.54, 1.807) is 55.1 Å². The van der Waals surface area contributed by atoms with E-state index in [1.165, 1.54) is 9.87 Å². The van der Waals surface area contributed by atoms with Crippen LogP contribution in [0.5, 0.6) is 0 Å². The molecule has 2 aromatic rings. The first-order chi connectivity index (χ1) is 16.7. The summed E-state index contributed by atoms with van der Waals surface area (Å²) in [5, 5.41) is 0. The number of carbonyl (C=O) groups excluding carboxylic acids is 3. The minimum absolute atomic E-state index is 0.165. The Bertz CT molecular complexity index is 1280. The molecule has 3 amide bonds. The Morgan fingerprint density at radius 2 is 1.46 bits per heavy atom. The van der Waals surface area contributed by atoms with Gasteiger partial charge in [0.05, 0.1) is 16.0 Å². The lowest BCUT2D eigenvalue weighted by Gasteiger charge is -2.38. The van der Waals surface area contributed by atoms with Crippen molar-refractivity contribution in [2.45, 2.75) is 44.0 Å². The van der Waals surface area contributed by atoms with E-state index in [0.29, 0.717) is 16.0 Å². The highest BCUT2D eigenvalue weighted by Crippen LogP contribution is 2.29. The first-order valence-corrected chi connectivity index (χ1v) is 13.5. The summed E-state index contributed by atoms with van der Waals surface area (Å²) in [6.07, 6.45) is 2.93. The van der Waals surface area contributed by atoms with Gasteiger partial charge in [0.2, 0.25) is 15.9 Å². The van der Waals surface area contributed by atoms with Gasteiger partial charge in [0.25, 0.3) is 11.8 Å². The van der Waals surface area contributed by atoms with Crippen molar-refractivity contribution >= 4 is 27.7 Å². The van der Waals surface area contributed by atoms with E-state index >= 15 is 0 Å². The second-order valence-electron chi connectivity index (χ2n) is 9.73. The molecule has 0 aromatic heterocycles. The van der Waals surface area contributed by atoms with E-state index in [4.69, 9.17) is 0 Å². The lowest BCUT2D eigenvalue weighted by atomic mass is 10.0. The van der Waals surface area contributed by atoms with Gasteiger partial charge in [0.1, 0.15) is 6.04 Å². The number of sulfonamides is 1. The van der Waals surface area contributed by atoms with E-state index in [9.17, 15) is 22.8 Å². The van der Waals surface area contributed by atoms with E-state index in [0.717, 1.165) is 29.7 Å². The molecule has 0 saturated carbocycles. The van der Waals surface area contributed by atoms with E-state index in [1.807, 2.05) is 6.07 Å². The summed E-state index contributed by atoms with van der Waals surface area (Å²) in [5.41, 5.74) is 2.93. The van der Waals surface area contributed by atoms with Gasteiger partial charge < -0.3 is 4.90 Å². The highest BCUT2D eigenvalue weighted by Gasteiger charge is 2.45. The van der Waals surface area contributed by atoms with E-state index in [2.05, 4.69) is 0 Å². The number of amides is 3. The van der Waals surface area contributed by atoms with Crippen molar-refractivity contribution in [2.24, 2.45) is 5.92 Å². The van der Waals surface area contributed by atoms with Crippen molar-refractivity contribution in [3.05, 3.63) is 64.7 Å². The maximum atomic E-state index is 13.5. The van der Waals surface area contributed by atoms with Gasteiger partial charge in [0, 0.05) is 26.2 Å². The molecule has 0 spiro atoms. The van der Waals surface area contributed by atoms with Crippen molar-refractivity contribution < 1.29 is 22.8 Å². The van der Waals surface area contributed by atoms with Gasteiger partial charge in [-0.25, -0.2) is 8.42 Å². The largest absolute Gasteiger partial charge is 0.338 e. The third-order valence-electron chi connectivity index (χ3n) is 7.25. The molecular formula is C26H29N3O5S. The molecule has 0 radical (unpaired) electrons. The first kappa shape index (κ1) is 23.7. The maximum Gasteiger partial charge on any atom is 0.262 e. The fourth-order valence-corrected chi connectivity index (χ4v) is 6.82. The van der Waals surface area contributed by atoms with E-state index in [-0.39, 0.29) is 38.0 Å². The second kappa shape index (κ2) is 8.87. The molecule has 1 saturated heterocycles. The molecule has 184 valence electrons. The van der Waals surface area contributed by atoms with Crippen LogP contribution in [0.1, 0.15) is 52.1 Å². The normalized spacial score (nSPS) is 19.3. The van der Waals surface area contributed by atoms with Gasteiger partial charge in [-0.1, -0.05) is 32.0 Å². The number of rotatable bonds is 5. The number of benzene rings is 2. The van der Waals surface area contributed by atoms with Crippen molar-refractivity contribution in [1.29, 1.82) is 0 Å². The molecule has 1 aliphatic carbocycles. The third-order valence-corrected chi connectivity index (χ3v) is 9.14. The Balaban J connectivity index is 1.31. The Morgan fingerprint density at radius 1 is 0.857 bits per heavy atom. The number of nitrogens with zero attached hydrogens (tertiary/aromatic N) is 3. The van der Waals surface area contributed by atoms with Crippen LogP contribution in [0, 0.1) is 5.92 Å². The predicted molar refractivity (Wildman–Crippen MR) is 129 cm³/mol. The quantitative estimate of drug-likeness (QED) is 0.594. The first-order valence-electron chi connectivity index (χ1n) is 12.1. The van der Waals surface area contributed by atoms with Crippen molar-refractivity contribution in [1.82, 2.24) is 14.1 Å². The molecule has 2 heterocycles. The Hall–Kier alpha value is -3.04. The number of hydrogen-bond donors (Lipinski definition) is 0. The van der Waals surface area contributed by atoms with Gasteiger partial charge in [-0.05, 0) is 60.6 Å². The number of fused-ring (bicyclic) bond motifs is 2. The molecule has 1 atom stereocenters. The fourth-order valence-electron chi connectivity index (χ4n) is 5.35. The number of carbonyl (C=O) groups is 3. The minimum atomic E-state index is -3.66. The number of hydrogen-bond acceptors (Lipinski definition) is 5. The Kier molecular flexibility index (Phi) is 6.01. The van der Waals surface area contributed by atoms with Crippen molar-refractivity contribution in [2.75, 3.05) is 26.2 Å². The number of piperazine rings is 1. The van der Waals surface area contributed by atoms with Crippen LogP contribution in [0.25, 0.3) is 0 Å². The van der Waals surface area contributed by atoms with Gasteiger partial charge in [-0.15, -0.1) is 0 Å². The van der Waals surface area contributed by atoms with Gasteiger partial charge >= 0.3 is 0 Å². The predicted octanol–water partition coefficient (Wildman–Crippen LogP) is 2.33. The summed E-state index contributed by atoms with van der Waals surface area (Å²) in [5.74, 6) is -1.55. The van der Waals surface area contributed by atoms with Crippen LogP contribution < -0.4 is 0 Å². The summed E-state index contributed by atoms with van der Waals surface area (Å²) >= 11 is 0. The molecule has 0 N–H and O–H groups in total. The molecule has 35 heavy (non-hydrogen) atoms. The smallest absolute Gasteiger partial charge is 0.262 e. The fraction of sp³-hybridized carbons (Fsp3) is 0.423. The molecular weight excluding hydrogens is 466 g/mol. The minimum Gasteiger partial charge on any atom is -0.338 e. The third kappa shape index (κ3) is 3.96. The van der Waals surface area contributed by atoms with Crippen LogP contribution in [0.15, 0.2) is 47.4 Å². The topological polar surface area (TPSA) is 95.1 Å². The highest BCUT2D eigenvalue weighted by atomic mass is 32.2. The molecule has 5 rings (SSSR count). The Morgan fingerprint density at radius 3 is 2.06 bits per heavy atom. The van der Waals surface area contributed by atoms with Crippen molar-refractivity contribution in [3.8, 4) is 0 Å². The molecule has 9 heteroatoms.